The van der Waals surface area contributed by atoms with Crippen LogP contribution in [0.5, 0.6) is 0 Å². The van der Waals surface area contributed by atoms with Crippen molar-refractivity contribution in [3.63, 3.8) is 0 Å². The molecule has 2 atom stereocenters. The maximum atomic E-state index is 10.9. The Kier molecular flexibility index (Phi) is 3.71. The van der Waals surface area contributed by atoms with E-state index in [4.69, 9.17) is 4.42 Å². The number of furan rings is 1. The molecule has 25 heavy (non-hydrogen) atoms. The average molecular weight is 333 g/mol. The SMILES string of the molecule is O=[N+]([O-])c1ccc([C@@H]2c3c(coc3-c3ccccc3)C=C[C@H]2O)cc1. The number of fused-ring (bicyclic) bond motifs is 1. The van der Waals surface area contributed by atoms with E-state index in [-0.39, 0.29) is 11.6 Å². The van der Waals surface area contributed by atoms with Crippen LogP contribution in [0.25, 0.3) is 17.4 Å². The van der Waals surface area contributed by atoms with Crippen molar-refractivity contribution in [2.75, 3.05) is 0 Å². The van der Waals surface area contributed by atoms with Gasteiger partial charge in [-0.05, 0) is 5.56 Å². The van der Waals surface area contributed by atoms with Crippen LogP contribution in [-0.2, 0) is 0 Å². The van der Waals surface area contributed by atoms with Gasteiger partial charge < -0.3 is 9.52 Å². The Labute approximate surface area is 144 Å². The van der Waals surface area contributed by atoms with Crippen molar-refractivity contribution in [1.82, 2.24) is 0 Å². The van der Waals surface area contributed by atoms with Gasteiger partial charge in [0.25, 0.3) is 5.69 Å². The Bertz CT molecular complexity index is 942. The van der Waals surface area contributed by atoms with Crippen molar-refractivity contribution in [3.8, 4) is 11.3 Å². The van der Waals surface area contributed by atoms with Gasteiger partial charge in [0.15, 0.2) is 0 Å². The second-order valence-corrected chi connectivity index (χ2v) is 5.98. The van der Waals surface area contributed by atoms with Crippen molar-refractivity contribution < 1.29 is 14.4 Å². The summed E-state index contributed by atoms with van der Waals surface area (Å²) in [6.07, 6.45) is 4.52. The number of non-ortho nitro benzene ring substituents is 1. The summed E-state index contributed by atoms with van der Waals surface area (Å²) in [6.45, 7) is 0. The van der Waals surface area contributed by atoms with Gasteiger partial charge in [0, 0.05) is 34.7 Å². The summed E-state index contributed by atoms with van der Waals surface area (Å²) >= 11 is 0. The molecule has 0 fully saturated rings. The number of aliphatic hydroxyl groups excluding tert-OH is 1. The van der Waals surface area contributed by atoms with Crippen LogP contribution in [0, 0.1) is 10.1 Å². The molecule has 3 aromatic rings. The van der Waals surface area contributed by atoms with Gasteiger partial charge in [-0.15, -0.1) is 0 Å². The summed E-state index contributed by atoms with van der Waals surface area (Å²) < 4.78 is 5.80. The number of aliphatic hydroxyl groups is 1. The maximum Gasteiger partial charge on any atom is 0.269 e. The van der Waals surface area contributed by atoms with Gasteiger partial charge in [0.1, 0.15) is 5.76 Å². The molecule has 0 radical (unpaired) electrons. The van der Waals surface area contributed by atoms with Crippen molar-refractivity contribution in [2.24, 2.45) is 0 Å². The van der Waals surface area contributed by atoms with E-state index in [0.717, 1.165) is 22.3 Å². The van der Waals surface area contributed by atoms with Crippen LogP contribution >= 0.6 is 0 Å². The van der Waals surface area contributed by atoms with Crippen LogP contribution in [0.1, 0.15) is 22.6 Å². The molecule has 1 N–H and O–H groups in total. The zero-order chi connectivity index (χ0) is 17.4. The van der Waals surface area contributed by atoms with E-state index in [1.54, 1.807) is 24.5 Å². The summed E-state index contributed by atoms with van der Waals surface area (Å²) in [5, 5.41) is 21.5. The fourth-order valence-corrected chi connectivity index (χ4v) is 3.29. The number of nitro groups is 1. The van der Waals surface area contributed by atoms with Gasteiger partial charge in [0.2, 0.25) is 0 Å². The minimum absolute atomic E-state index is 0.0280. The Morgan fingerprint density at radius 2 is 1.76 bits per heavy atom. The van der Waals surface area contributed by atoms with Gasteiger partial charge in [-0.25, -0.2) is 0 Å². The van der Waals surface area contributed by atoms with E-state index in [1.165, 1.54) is 12.1 Å². The predicted molar refractivity (Wildman–Crippen MR) is 94.1 cm³/mol. The largest absolute Gasteiger partial charge is 0.463 e. The molecular formula is C20H15NO4. The Morgan fingerprint density at radius 3 is 2.44 bits per heavy atom. The Hall–Kier alpha value is -3.18. The number of nitrogens with zero attached hydrogens (tertiary/aromatic N) is 1. The summed E-state index contributed by atoms with van der Waals surface area (Å²) in [7, 11) is 0. The smallest absolute Gasteiger partial charge is 0.269 e. The molecule has 124 valence electrons. The molecule has 4 rings (SSSR count). The van der Waals surface area contributed by atoms with Gasteiger partial charge in [-0.2, -0.15) is 0 Å². The van der Waals surface area contributed by atoms with Crippen LogP contribution in [0.4, 0.5) is 5.69 Å². The molecule has 0 aliphatic heterocycles. The third-order valence-corrected chi connectivity index (χ3v) is 4.48. The van der Waals surface area contributed by atoms with Gasteiger partial charge in [-0.3, -0.25) is 10.1 Å². The van der Waals surface area contributed by atoms with Crippen LogP contribution in [0.15, 0.2) is 71.4 Å². The van der Waals surface area contributed by atoms with E-state index in [9.17, 15) is 15.2 Å². The summed E-state index contributed by atoms with van der Waals surface area (Å²) in [5.41, 5.74) is 3.57. The molecule has 1 aliphatic carbocycles. The van der Waals surface area contributed by atoms with Crippen molar-refractivity contribution >= 4 is 11.8 Å². The van der Waals surface area contributed by atoms with E-state index in [2.05, 4.69) is 0 Å². The zero-order valence-corrected chi connectivity index (χ0v) is 13.2. The van der Waals surface area contributed by atoms with E-state index in [1.807, 2.05) is 36.4 Å². The molecular weight excluding hydrogens is 318 g/mol. The topological polar surface area (TPSA) is 76.5 Å². The van der Waals surface area contributed by atoms with Crippen molar-refractivity contribution in [1.29, 1.82) is 0 Å². The Morgan fingerprint density at radius 1 is 1.04 bits per heavy atom. The van der Waals surface area contributed by atoms with Crippen LogP contribution < -0.4 is 0 Å². The molecule has 0 amide bonds. The monoisotopic (exact) mass is 333 g/mol. The van der Waals surface area contributed by atoms with E-state index < -0.39 is 11.0 Å². The second kappa shape index (κ2) is 6.03. The highest BCUT2D eigenvalue weighted by Gasteiger charge is 2.32. The lowest BCUT2D eigenvalue weighted by Crippen LogP contribution is -2.20. The number of hydrogen-bond acceptors (Lipinski definition) is 4. The van der Waals surface area contributed by atoms with E-state index in [0.29, 0.717) is 5.76 Å². The second-order valence-electron chi connectivity index (χ2n) is 5.98. The molecule has 1 heterocycles. The summed E-state index contributed by atoms with van der Waals surface area (Å²) in [6, 6.07) is 16.0. The minimum Gasteiger partial charge on any atom is -0.463 e. The maximum absolute atomic E-state index is 10.9. The van der Waals surface area contributed by atoms with Gasteiger partial charge in [-0.1, -0.05) is 54.6 Å². The standard InChI is InChI=1S/C20H15NO4/c22-17-11-8-15-12-25-20(14-4-2-1-3-5-14)19(15)18(17)13-6-9-16(10-7-13)21(23)24/h1-12,17-18,22H/t17-,18+/m1/s1. The minimum atomic E-state index is -0.728. The fourth-order valence-electron chi connectivity index (χ4n) is 3.29. The van der Waals surface area contributed by atoms with Gasteiger partial charge in [0.05, 0.1) is 17.3 Å². The number of hydrogen-bond donors (Lipinski definition) is 1. The highest BCUT2D eigenvalue weighted by atomic mass is 16.6. The normalized spacial score (nSPS) is 18.8. The first-order valence-corrected chi connectivity index (χ1v) is 7.92. The number of rotatable bonds is 3. The molecule has 0 unspecified atom stereocenters. The first-order chi connectivity index (χ1) is 12.1. The fraction of sp³-hybridized carbons (Fsp3) is 0.100. The number of benzene rings is 2. The number of nitro benzene ring substituents is 1. The Balaban J connectivity index is 1.84. The lowest BCUT2D eigenvalue weighted by atomic mass is 9.80. The first kappa shape index (κ1) is 15.4. The third-order valence-electron chi connectivity index (χ3n) is 4.48. The molecule has 5 heteroatoms. The highest BCUT2D eigenvalue weighted by Crippen LogP contribution is 2.42. The predicted octanol–water partition coefficient (Wildman–Crippen LogP) is 4.37. The molecule has 0 saturated heterocycles. The molecule has 0 spiro atoms. The first-order valence-electron chi connectivity index (χ1n) is 7.92. The van der Waals surface area contributed by atoms with E-state index >= 15 is 0 Å². The lowest BCUT2D eigenvalue weighted by molar-refractivity contribution is -0.384. The molecule has 0 saturated carbocycles. The lowest BCUT2D eigenvalue weighted by Gasteiger charge is -2.25. The summed E-state index contributed by atoms with van der Waals surface area (Å²) in [5.74, 6) is 0.372. The molecule has 0 bridgehead atoms. The zero-order valence-electron chi connectivity index (χ0n) is 13.2. The molecule has 2 aromatic carbocycles. The van der Waals surface area contributed by atoms with Gasteiger partial charge >= 0.3 is 0 Å². The van der Waals surface area contributed by atoms with Crippen LogP contribution in [-0.4, -0.2) is 16.1 Å². The van der Waals surface area contributed by atoms with Crippen molar-refractivity contribution in [3.05, 3.63) is 93.7 Å². The molecule has 1 aromatic heterocycles. The molecule has 5 nitrogen and oxygen atoms in total. The average Bonchev–Trinajstić information content (AvgIpc) is 3.06. The van der Waals surface area contributed by atoms with Crippen molar-refractivity contribution in [2.45, 2.75) is 12.0 Å². The third kappa shape index (κ3) is 2.64. The molecule has 1 aliphatic rings. The van der Waals surface area contributed by atoms with Crippen LogP contribution in [0.2, 0.25) is 0 Å². The quantitative estimate of drug-likeness (QED) is 0.570. The highest BCUT2D eigenvalue weighted by molar-refractivity contribution is 5.72. The summed E-state index contributed by atoms with van der Waals surface area (Å²) in [4.78, 5) is 10.4. The van der Waals surface area contributed by atoms with Crippen LogP contribution in [0.3, 0.4) is 0 Å².